The Bertz CT molecular complexity index is 580. The number of fused-ring (bicyclic) bond motifs is 1. The monoisotopic (exact) mass is 269 g/mol. The number of rotatable bonds is 1. The van der Waals surface area contributed by atoms with Crippen molar-refractivity contribution in [1.29, 1.82) is 0 Å². The van der Waals surface area contributed by atoms with Gasteiger partial charge in [0.2, 0.25) is 0 Å². The van der Waals surface area contributed by atoms with E-state index in [-0.39, 0.29) is 11.6 Å². The molecular formula is C17H19NO2. The third-order valence-corrected chi connectivity index (χ3v) is 5.21. The number of nitrogens with one attached hydrogen (secondary N) is 1. The predicted octanol–water partition coefficient (Wildman–Crippen LogP) is 3.15. The zero-order valence-electron chi connectivity index (χ0n) is 11.5. The van der Waals surface area contributed by atoms with E-state index in [1.807, 2.05) is 0 Å². The fraction of sp³-hybridized carbons (Fsp3) is 0.471. The standard InChI is InChI=1S/C17H19NO2/c19-16-18-17(11-20-16)9-3-6-15(17)14-8-7-12-4-1-2-5-13(12)10-14/h1-2,4-5,7-8,14-15H,3,6,9-11H2,(H,18,19). The van der Waals surface area contributed by atoms with Crippen LogP contribution in [-0.2, 0) is 11.2 Å². The molecule has 2 aliphatic carbocycles. The molecule has 104 valence electrons. The van der Waals surface area contributed by atoms with E-state index < -0.39 is 0 Å². The van der Waals surface area contributed by atoms with Crippen LogP contribution in [0.2, 0.25) is 0 Å². The maximum atomic E-state index is 11.5. The van der Waals surface area contributed by atoms with Gasteiger partial charge in [0.1, 0.15) is 6.61 Å². The number of hydrogen-bond donors (Lipinski definition) is 1. The van der Waals surface area contributed by atoms with Gasteiger partial charge in [-0.2, -0.15) is 0 Å². The summed E-state index contributed by atoms with van der Waals surface area (Å²) in [6.45, 7) is 0.544. The highest BCUT2D eigenvalue weighted by Gasteiger charge is 2.51. The molecule has 3 nitrogen and oxygen atoms in total. The summed E-state index contributed by atoms with van der Waals surface area (Å²) in [6, 6.07) is 8.59. The van der Waals surface area contributed by atoms with Gasteiger partial charge in [0.05, 0.1) is 5.54 Å². The molecule has 1 N–H and O–H groups in total. The van der Waals surface area contributed by atoms with E-state index in [4.69, 9.17) is 4.74 Å². The number of amides is 1. The Labute approximate surface area is 119 Å². The highest BCUT2D eigenvalue weighted by atomic mass is 16.6. The molecule has 1 aromatic rings. The van der Waals surface area contributed by atoms with Crippen molar-refractivity contribution in [2.45, 2.75) is 31.2 Å². The van der Waals surface area contributed by atoms with Crippen LogP contribution in [-0.4, -0.2) is 18.2 Å². The average Bonchev–Trinajstić information content (AvgIpc) is 3.05. The highest BCUT2D eigenvalue weighted by Crippen LogP contribution is 2.45. The van der Waals surface area contributed by atoms with Gasteiger partial charge >= 0.3 is 6.09 Å². The number of ether oxygens (including phenoxy) is 1. The molecule has 1 aromatic carbocycles. The summed E-state index contributed by atoms with van der Waals surface area (Å²) >= 11 is 0. The first-order chi connectivity index (χ1) is 9.77. The van der Waals surface area contributed by atoms with Crippen molar-refractivity contribution < 1.29 is 9.53 Å². The Hall–Kier alpha value is -1.77. The van der Waals surface area contributed by atoms with E-state index in [9.17, 15) is 4.79 Å². The van der Waals surface area contributed by atoms with Gasteiger partial charge in [0.25, 0.3) is 0 Å². The van der Waals surface area contributed by atoms with Crippen LogP contribution in [0.4, 0.5) is 4.79 Å². The number of carbonyl (C=O) groups excluding carboxylic acids is 1. The molecule has 3 heteroatoms. The van der Waals surface area contributed by atoms with Crippen molar-refractivity contribution in [3.05, 3.63) is 41.5 Å². The maximum absolute atomic E-state index is 11.5. The minimum atomic E-state index is -0.239. The second-order valence-corrected chi connectivity index (χ2v) is 6.28. The predicted molar refractivity (Wildman–Crippen MR) is 77.2 cm³/mol. The van der Waals surface area contributed by atoms with Crippen molar-refractivity contribution >= 4 is 12.2 Å². The molecule has 1 amide bonds. The Morgan fingerprint density at radius 1 is 1.30 bits per heavy atom. The lowest BCUT2D eigenvalue weighted by Gasteiger charge is -2.35. The van der Waals surface area contributed by atoms with E-state index >= 15 is 0 Å². The third kappa shape index (κ3) is 1.76. The average molecular weight is 269 g/mol. The number of allylic oxidation sites excluding steroid dienone is 1. The van der Waals surface area contributed by atoms with E-state index in [0.717, 1.165) is 12.8 Å². The van der Waals surface area contributed by atoms with Gasteiger partial charge < -0.3 is 10.1 Å². The number of alkyl carbamates (subject to hydrolysis) is 1. The van der Waals surface area contributed by atoms with Crippen molar-refractivity contribution in [3.8, 4) is 0 Å². The van der Waals surface area contributed by atoms with Gasteiger partial charge in [-0.25, -0.2) is 4.79 Å². The van der Waals surface area contributed by atoms with Crippen LogP contribution in [0.25, 0.3) is 6.08 Å². The lowest BCUT2D eigenvalue weighted by molar-refractivity contribution is 0.158. The second kappa shape index (κ2) is 4.37. The van der Waals surface area contributed by atoms with Crippen LogP contribution in [0.5, 0.6) is 0 Å². The molecule has 3 atom stereocenters. The summed E-state index contributed by atoms with van der Waals surface area (Å²) in [6.07, 6.45) is 8.83. The van der Waals surface area contributed by atoms with Crippen LogP contribution in [0.1, 0.15) is 30.4 Å². The molecule has 20 heavy (non-hydrogen) atoms. The smallest absolute Gasteiger partial charge is 0.407 e. The molecule has 1 aliphatic heterocycles. The normalized spacial score (nSPS) is 34.9. The Kier molecular flexibility index (Phi) is 2.62. The molecule has 0 radical (unpaired) electrons. The topological polar surface area (TPSA) is 38.3 Å². The molecule has 1 spiro atoms. The molecular weight excluding hydrogens is 250 g/mol. The second-order valence-electron chi connectivity index (χ2n) is 6.28. The minimum Gasteiger partial charge on any atom is -0.447 e. The summed E-state index contributed by atoms with van der Waals surface area (Å²) in [4.78, 5) is 11.5. The van der Waals surface area contributed by atoms with Gasteiger partial charge in [-0.05, 0) is 42.2 Å². The van der Waals surface area contributed by atoms with Gasteiger partial charge in [-0.1, -0.05) is 42.8 Å². The lowest BCUT2D eigenvalue weighted by Crippen LogP contribution is -2.49. The van der Waals surface area contributed by atoms with Crippen LogP contribution in [0, 0.1) is 11.8 Å². The molecule has 1 saturated heterocycles. The molecule has 0 aromatic heterocycles. The zero-order chi connectivity index (χ0) is 13.6. The molecule has 3 aliphatic rings. The molecule has 1 saturated carbocycles. The van der Waals surface area contributed by atoms with Gasteiger partial charge in [0.15, 0.2) is 0 Å². The first-order valence-corrected chi connectivity index (χ1v) is 7.48. The van der Waals surface area contributed by atoms with E-state index in [2.05, 4.69) is 41.7 Å². The first kappa shape index (κ1) is 12.0. The summed E-state index contributed by atoms with van der Waals surface area (Å²) in [7, 11) is 0. The number of cyclic esters (lactones) is 1. The molecule has 4 rings (SSSR count). The number of carbonyl (C=O) groups is 1. The maximum Gasteiger partial charge on any atom is 0.407 e. The van der Waals surface area contributed by atoms with Gasteiger partial charge in [-0.15, -0.1) is 0 Å². The molecule has 3 unspecified atom stereocenters. The fourth-order valence-corrected chi connectivity index (χ4v) is 4.24. The van der Waals surface area contributed by atoms with Crippen LogP contribution >= 0.6 is 0 Å². The summed E-state index contributed by atoms with van der Waals surface area (Å²) in [5.41, 5.74) is 2.65. The van der Waals surface area contributed by atoms with Crippen LogP contribution < -0.4 is 5.32 Å². The van der Waals surface area contributed by atoms with E-state index in [1.165, 1.54) is 24.0 Å². The quantitative estimate of drug-likeness (QED) is 0.850. The van der Waals surface area contributed by atoms with Crippen LogP contribution in [0.3, 0.4) is 0 Å². The fourth-order valence-electron chi connectivity index (χ4n) is 4.24. The molecule has 2 fully saturated rings. The lowest BCUT2D eigenvalue weighted by atomic mass is 9.74. The Balaban J connectivity index is 1.61. The van der Waals surface area contributed by atoms with Crippen molar-refractivity contribution in [2.24, 2.45) is 11.8 Å². The third-order valence-electron chi connectivity index (χ3n) is 5.21. The van der Waals surface area contributed by atoms with Crippen LogP contribution in [0.15, 0.2) is 30.3 Å². The largest absolute Gasteiger partial charge is 0.447 e. The first-order valence-electron chi connectivity index (χ1n) is 7.48. The van der Waals surface area contributed by atoms with Gasteiger partial charge in [-0.3, -0.25) is 0 Å². The SMILES string of the molecule is O=C1NC2(CCCC2C2C=Cc3ccccc3C2)CO1. The number of hydrogen-bond acceptors (Lipinski definition) is 2. The van der Waals surface area contributed by atoms with Crippen molar-refractivity contribution in [1.82, 2.24) is 5.32 Å². The summed E-state index contributed by atoms with van der Waals surface area (Å²) in [5.74, 6) is 1.01. The minimum absolute atomic E-state index is 0.113. The molecule has 1 heterocycles. The summed E-state index contributed by atoms with van der Waals surface area (Å²) < 4.78 is 5.21. The van der Waals surface area contributed by atoms with Crippen molar-refractivity contribution in [2.75, 3.05) is 6.61 Å². The van der Waals surface area contributed by atoms with E-state index in [1.54, 1.807) is 0 Å². The van der Waals surface area contributed by atoms with Gasteiger partial charge in [0, 0.05) is 0 Å². The Morgan fingerprint density at radius 3 is 3.05 bits per heavy atom. The highest BCUT2D eigenvalue weighted by molar-refractivity contribution is 5.71. The Morgan fingerprint density at radius 2 is 2.20 bits per heavy atom. The number of benzene rings is 1. The van der Waals surface area contributed by atoms with E-state index in [0.29, 0.717) is 18.4 Å². The van der Waals surface area contributed by atoms with Crippen molar-refractivity contribution in [3.63, 3.8) is 0 Å². The summed E-state index contributed by atoms with van der Waals surface area (Å²) in [5, 5.41) is 3.11. The zero-order valence-corrected chi connectivity index (χ0v) is 11.5. The molecule has 0 bridgehead atoms.